The molecule has 2 aliphatic rings. The number of nitrogens with zero attached hydrogens (tertiary/aromatic N) is 1. The first-order valence-corrected chi connectivity index (χ1v) is 8.85. The second kappa shape index (κ2) is 5.42. The Kier molecular flexibility index (Phi) is 3.50. The summed E-state index contributed by atoms with van der Waals surface area (Å²) in [6, 6.07) is 11.6. The summed E-state index contributed by atoms with van der Waals surface area (Å²) in [5, 5.41) is 10.7. The lowest BCUT2D eigenvalue weighted by Crippen LogP contribution is -2.47. The van der Waals surface area contributed by atoms with E-state index in [1.807, 2.05) is 47.2 Å². The van der Waals surface area contributed by atoms with Gasteiger partial charge < -0.3 is 14.4 Å². The fraction of sp³-hybridized carbons (Fsp3) is 0.389. The Morgan fingerprint density at radius 3 is 2.83 bits per heavy atom. The number of rotatable bonds is 2. The van der Waals surface area contributed by atoms with Crippen LogP contribution in [0.3, 0.4) is 0 Å². The van der Waals surface area contributed by atoms with Crippen molar-refractivity contribution in [1.82, 2.24) is 4.57 Å². The van der Waals surface area contributed by atoms with Crippen LogP contribution in [0.25, 0.3) is 0 Å². The molecule has 0 saturated carbocycles. The molecule has 0 aliphatic carbocycles. The molecule has 1 aromatic heterocycles. The topological polar surface area (TPSA) is 51.5 Å². The number of aryl methyl sites for hydroxylation is 1. The number of hydrogen-bond donors (Lipinski definition) is 1. The number of carbonyl (C=O) groups is 1. The lowest BCUT2D eigenvalue weighted by Gasteiger charge is -2.39. The van der Waals surface area contributed by atoms with Crippen LogP contribution in [0.1, 0.15) is 27.7 Å². The van der Waals surface area contributed by atoms with Crippen molar-refractivity contribution in [1.29, 1.82) is 0 Å². The summed E-state index contributed by atoms with van der Waals surface area (Å²) < 4.78 is 7.22. The smallest absolute Gasteiger partial charge is 0.189 e. The third kappa shape index (κ3) is 2.07. The Balaban J connectivity index is 1.77. The number of ketones is 1. The van der Waals surface area contributed by atoms with E-state index in [9.17, 15) is 9.90 Å². The highest BCUT2D eigenvalue weighted by atomic mass is 32.2. The van der Waals surface area contributed by atoms with Crippen molar-refractivity contribution >= 4 is 17.5 Å². The van der Waals surface area contributed by atoms with Gasteiger partial charge in [-0.2, -0.15) is 0 Å². The molecule has 3 atom stereocenters. The first kappa shape index (κ1) is 14.8. The minimum Gasteiger partial charge on any atom is -0.497 e. The summed E-state index contributed by atoms with van der Waals surface area (Å²) in [6.45, 7) is 0.776. The summed E-state index contributed by atoms with van der Waals surface area (Å²) in [4.78, 5) is 13.2. The van der Waals surface area contributed by atoms with Crippen LogP contribution in [0.2, 0.25) is 0 Å². The molecular weight excluding hydrogens is 310 g/mol. The summed E-state index contributed by atoms with van der Waals surface area (Å²) >= 11 is 1.68. The average Bonchev–Trinajstić information content (AvgIpc) is 3.18. The molecule has 3 heterocycles. The third-order valence-electron chi connectivity index (χ3n) is 5.15. The van der Waals surface area contributed by atoms with Crippen LogP contribution >= 0.6 is 11.8 Å². The van der Waals surface area contributed by atoms with Crippen molar-refractivity contribution in [2.24, 2.45) is 5.41 Å². The second-order valence-electron chi connectivity index (χ2n) is 6.21. The van der Waals surface area contributed by atoms with Crippen LogP contribution in [0.15, 0.2) is 42.6 Å². The number of fused-ring (bicyclic) bond motifs is 1. The summed E-state index contributed by atoms with van der Waals surface area (Å²) in [5.41, 5.74) is 1.09. The molecule has 1 saturated heterocycles. The number of hydrogen-bond acceptors (Lipinski definition) is 4. The Hall–Kier alpha value is -1.72. The molecule has 0 amide bonds. The molecule has 1 aromatic carbocycles. The number of ether oxygens (including phenoxy) is 1. The summed E-state index contributed by atoms with van der Waals surface area (Å²) in [5.74, 6) is 1.48. The maximum atomic E-state index is 13.2. The van der Waals surface area contributed by atoms with Crippen LogP contribution in [-0.2, 0) is 6.54 Å². The number of carbonyl (C=O) groups excluding carboxylic acids is 1. The highest BCUT2D eigenvalue weighted by Gasteiger charge is 2.57. The number of aromatic nitrogens is 1. The molecular formula is C18H19NO3S. The van der Waals surface area contributed by atoms with Crippen LogP contribution < -0.4 is 4.74 Å². The normalized spacial score (nSPS) is 29.7. The maximum absolute atomic E-state index is 13.2. The first-order valence-electron chi connectivity index (χ1n) is 7.80. The standard InChI is InChI=1S/C18H19NO3S/c1-22-13-6-4-12(5-7-13)17-18(15(20)11-23-17)8-10-19-9-2-3-14(19)16(18)21/h2-7,9,15,17,20H,8,10-11H2,1H3/t15-,17+,18+/m0/s1. The van der Waals surface area contributed by atoms with E-state index in [0.29, 0.717) is 12.2 Å². The molecule has 4 nitrogen and oxygen atoms in total. The van der Waals surface area contributed by atoms with Crippen molar-refractivity contribution in [3.63, 3.8) is 0 Å². The number of methoxy groups -OCH3 is 1. The van der Waals surface area contributed by atoms with Crippen LogP contribution in [0, 0.1) is 5.41 Å². The minimum atomic E-state index is -0.715. The molecule has 1 spiro atoms. The molecule has 120 valence electrons. The third-order valence-corrected chi connectivity index (χ3v) is 6.69. The monoisotopic (exact) mass is 329 g/mol. The van der Waals surface area contributed by atoms with Gasteiger partial charge in [0.05, 0.1) is 24.3 Å². The van der Waals surface area contributed by atoms with E-state index in [2.05, 4.69) is 0 Å². The zero-order valence-electron chi connectivity index (χ0n) is 12.9. The summed E-state index contributed by atoms with van der Waals surface area (Å²) in [7, 11) is 1.64. The maximum Gasteiger partial charge on any atom is 0.189 e. The first-order chi connectivity index (χ1) is 11.2. The Morgan fingerprint density at radius 2 is 2.09 bits per heavy atom. The Morgan fingerprint density at radius 1 is 1.30 bits per heavy atom. The molecule has 4 rings (SSSR count). The van der Waals surface area contributed by atoms with Gasteiger partial charge in [-0.1, -0.05) is 12.1 Å². The zero-order valence-corrected chi connectivity index (χ0v) is 13.8. The number of benzene rings is 1. The number of aliphatic hydroxyl groups excluding tert-OH is 1. The lowest BCUT2D eigenvalue weighted by molar-refractivity contribution is 0.0273. The Bertz CT molecular complexity index is 739. The van der Waals surface area contributed by atoms with Gasteiger partial charge in [-0.05, 0) is 36.2 Å². The highest BCUT2D eigenvalue weighted by Crippen LogP contribution is 2.58. The van der Waals surface area contributed by atoms with Crippen LogP contribution in [0.4, 0.5) is 0 Å². The number of thioether (sulfide) groups is 1. The predicted molar refractivity (Wildman–Crippen MR) is 90.0 cm³/mol. The molecule has 0 radical (unpaired) electrons. The van der Waals surface area contributed by atoms with Gasteiger partial charge in [-0.15, -0.1) is 11.8 Å². The Labute approximate surface area is 139 Å². The average molecular weight is 329 g/mol. The molecule has 23 heavy (non-hydrogen) atoms. The van der Waals surface area contributed by atoms with Gasteiger partial charge in [0.1, 0.15) is 5.75 Å². The minimum absolute atomic E-state index is 0.0143. The molecule has 0 unspecified atom stereocenters. The largest absolute Gasteiger partial charge is 0.497 e. The molecule has 0 bridgehead atoms. The van der Waals surface area contributed by atoms with Crippen molar-refractivity contribution in [2.75, 3.05) is 12.9 Å². The molecule has 1 fully saturated rings. The van der Waals surface area contributed by atoms with E-state index in [1.54, 1.807) is 18.9 Å². The van der Waals surface area contributed by atoms with E-state index in [-0.39, 0.29) is 11.0 Å². The lowest BCUT2D eigenvalue weighted by atomic mass is 9.69. The highest BCUT2D eigenvalue weighted by molar-refractivity contribution is 7.99. The molecule has 2 aromatic rings. The number of Topliss-reactive ketones (excluding diaryl/α,β-unsaturated/α-hetero) is 1. The fourth-order valence-corrected chi connectivity index (χ4v) is 5.57. The number of aliphatic hydroxyl groups is 1. The van der Waals surface area contributed by atoms with Crippen molar-refractivity contribution < 1.29 is 14.6 Å². The van der Waals surface area contributed by atoms with Crippen LogP contribution in [0.5, 0.6) is 5.75 Å². The second-order valence-corrected chi connectivity index (χ2v) is 7.35. The predicted octanol–water partition coefficient (Wildman–Crippen LogP) is 2.92. The molecule has 1 N–H and O–H groups in total. The summed E-state index contributed by atoms with van der Waals surface area (Å²) in [6.07, 6.45) is 2.02. The molecule has 5 heteroatoms. The van der Waals surface area contributed by atoms with Gasteiger partial charge >= 0.3 is 0 Å². The molecule has 2 aliphatic heterocycles. The van der Waals surface area contributed by atoms with E-state index in [1.165, 1.54) is 0 Å². The van der Waals surface area contributed by atoms with E-state index in [0.717, 1.165) is 23.6 Å². The van der Waals surface area contributed by atoms with Crippen molar-refractivity contribution in [2.45, 2.75) is 24.3 Å². The van der Waals surface area contributed by atoms with Gasteiger partial charge in [0.15, 0.2) is 5.78 Å². The van der Waals surface area contributed by atoms with Crippen molar-refractivity contribution in [3.8, 4) is 5.75 Å². The van der Waals surface area contributed by atoms with Crippen molar-refractivity contribution in [3.05, 3.63) is 53.9 Å². The quantitative estimate of drug-likeness (QED) is 0.920. The fourth-order valence-electron chi connectivity index (χ4n) is 3.87. The zero-order chi connectivity index (χ0) is 16.0. The van der Waals surface area contributed by atoms with Gasteiger partial charge in [-0.3, -0.25) is 4.79 Å². The van der Waals surface area contributed by atoms with E-state index in [4.69, 9.17) is 4.74 Å². The van der Waals surface area contributed by atoms with Crippen LogP contribution in [-0.4, -0.2) is 34.4 Å². The van der Waals surface area contributed by atoms with Gasteiger partial charge in [-0.25, -0.2) is 0 Å². The van der Waals surface area contributed by atoms with E-state index >= 15 is 0 Å². The van der Waals surface area contributed by atoms with Gasteiger partial charge in [0.25, 0.3) is 0 Å². The SMILES string of the molecule is COc1ccc([C@H]2SC[C@H](O)[C@@]23CCn2cccc2C3=O)cc1. The van der Waals surface area contributed by atoms with Gasteiger partial charge in [0, 0.05) is 23.7 Å². The van der Waals surface area contributed by atoms with Gasteiger partial charge in [0.2, 0.25) is 0 Å². The van der Waals surface area contributed by atoms with E-state index < -0.39 is 11.5 Å².